The van der Waals surface area contributed by atoms with E-state index in [0.29, 0.717) is 12.8 Å². The summed E-state index contributed by atoms with van der Waals surface area (Å²) in [5, 5.41) is 20.9. The van der Waals surface area contributed by atoms with Gasteiger partial charge in [0.05, 0.1) is 13.2 Å². The first-order valence-corrected chi connectivity index (χ1v) is 27.0. The summed E-state index contributed by atoms with van der Waals surface area (Å²) in [6.45, 7) is 2.16. The van der Waals surface area contributed by atoms with Crippen molar-refractivity contribution in [1.82, 2.24) is 9.55 Å². The maximum atomic E-state index is 12.8. The highest BCUT2D eigenvalue weighted by atomic mass is 31.3. The molecule has 0 bridgehead atoms. The van der Waals surface area contributed by atoms with E-state index < -0.39 is 83.7 Å². The maximum absolute atomic E-state index is 12.8. The van der Waals surface area contributed by atoms with Crippen molar-refractivity contribution in [3.63, 3.8) is 0 Å². The second-order valence-electron chi connectivity index (χ2n) is 17.0. The van der Waals surface area contributed by atoms with E-state index in [1.54, 1.807) is 0 Å². The van der Waals surface area contributed by atoms with Crippen molar-refractivity contribution < 1.29 is 66.3 Å². The van der Waals surface area contributed by atoms with E-state index in [1.807, 2.05) is 0 Å². The average molecular weight is 954 g/mol. The molecule has 0 amide bonds. The summed E-state index contributed by atoms with van der Waals surface area (Å²) in [5.74, 6) is -1.28. The van der Waals surface area contributed by atoms with Crippen LogP contribution in [0.3, 0.4) is 0 Å². The number of aliphatic hydroxyl groups is 2. The number of aromatic nitrogens is 2. The zero-order chi connectivity index (χ0) is 47.1. The van der Waals surface area contributed by atoms with Gasteiger partial charge in [0.1, 0.15) is 30.7 Å². The van der Waals surface area contributed by atoms with Crippen molar-refractivity contribution in [3.8, 4) is 0 Å². The van der Waals surface area contributed by atoms with E-state index in [-0.39, 0.29) is 18.7 Å². The number of nitrogen functional groups attached to an aromatic ring is 1. The first-order valence-electron chi connectivity index (χ1n) is 24.0. The summed E-state index contributed by atoms with van der Waals surface area (Å²) in [5.41, 5.74) is 4.58. The number of unbranched alkanes of at least 4 members (excludes halogenated alkanes) is 24. The van der Waals surface area contributed by atoms with Crippen LogP contribution in [0.1, 0.15) is 200 Å². The molecular weight excluding hydrogens is 872 g/mol. The van der Waals surface area contributed by atoms with Gasteiger partial charge in [0.25, 0.3) is 0 Å². The monoisotopic (exact) mass is 954 g/mol. The number of phosphoric acid groups is 2. The van der Waals surface area contributed by atoms with Gasteiger partial charge in [-0.15, -0.1) is 0 Å². The van der Waals surface area contributed by atoms with E-state index >= 15 is 0 Å². The Kier molecular flexibility index (Phi) is 30.9. The molecule has 2 unspecified atom stereocenters. The number of phosphoric ester groups is 2. The molecule has 64 heavy (non-hydrogen) atoms. The molecule has 1 aromatic heterocycles. The van der Waals surface area contributed by atoms with E-state index in [2.05, 4.69) is 23.1 Å². The number of nitrogens with two attached hydrogens (primary N) is 1. The first-order chi connectivity index (χ1) is 30.7. The van der Waals surface area contributed by atoms with Crippen molar-refractivity contribution in [3.05, 3.63) is 22.7 Å². The highest BCUT2D eigenvalue weighted by molar-refractivity contribution is 7.61. The fourth-order valence-electron chi connectivity index (χ4n) is 7.43. The number of hydrogen-bond donors (Lipinski definition) is 5. The lowest BCUT2D eigenvalue weighted by Gasteiger charge is -2.21. The molecule has 0 saturated carbocycles. The van der Waals surface area contributed by atoms with Gasteiger partial charge in [-0.2, -0.15) is 9.29 Å². The Morgan fingerprint density at radius 2 is 1.12 bits per heavy atom. The molecular formula is C44H81N3O15P2. The molecule has 18 nitrogen and oxygen atoms in total. The predicted molar refractivity (Wildman–Crippen MR) is 243 cm³/mol. The highest BCUT2D eigenvalue weighted by Gasteiger charge is 2.46. The van der Waals surface area contributed by atoms with Crippen LogP contribution < -0.4 is 11.4 Å². The number of aliphatic hydroxyl groups excluding tert-OH is 2. The molecule has 1 aliphatic heterocycles. The number of carbonyl (C=O) groups excluding carboxylic acids is 2. The van der Waals surface area contributed by atoms with Crippen LogP contribution >= 0.6 is 15.6 Å². The van der Waals surface area contributed by atoms with Crippen molar-refractivity contribution in [2.45, 2.75) is 224 Å². The molecule has 2 heterocycles. The third kappa shape index (κ3) is 26.8. The molecule has 1 saturated heterocycles. The molecule has 2 rings (SSSR count). The van der Waals surface area contributed by atoms with Crippen LogP contribution in [0.25, 0.3) is 0 Å². The number of esters is 2. The summed E-state index contributed by atoms with van der Waals surface area (Å²) < 4.78 is 56.7. The first kappa shape index (κ1) is 57.9. The Bertz CT molecular complexity index is 1570. The summed E-state index contributed by atoms with van der Waals surface area (Å²) in [4.78, 5) is 61.7. The summed E-state index contributed by atoms with van der Waals surface area (Å²) in [7, 11) is -10.8. The zero-order valence-electron chi connectivity index (χ0n) is 38.6. The molecule has 372 valence electrons. The number of anilines is 1. The lowest BCUT2D eigenvalue weighted by atomic mass is 10.0. The minimum absolute atomic E-state index is 0.0578. The second kappa shape index (κ2) is 34.1. The smallest absolute Gasteiger partial charge is 0.462 e. The van der Waals surface area contributed by atoms with Crippen LogP contribution in [-0.2, 0) is 46.3 Å². The summed E-state index contributed by atoms with van der Waals surface area (Å²) in [6.07, 6.45) is 23.3. The van der Waals surface area contributed by atoms with Crippen LogP contribution in [0.2, 0.25) is 0 Å². The van der Waals surface area contributed by atoms with Crippen LogP contribution in [0, 0.1) is 0 Å². The Balaban J connectivity index is 1.82. The third-order valence-electron chi connectivity index (χ3n) is 11.2. The highest BCUT2D eigenvalue weighted by Crippen LogP contribution is 2.60. The molecule has 1 aliphatic rings. The van der Waals surface area contributed by atoms with E-state index in [0.717, 1.165) is 55.9 Å². The predicted octanol–water partition coefficient (Wildman–Crippen LogP) is 9.11. The summed E-state index contributed by atoms with van der Waals surface area (Å²) >= 11 is 0. The SMILES string of the molecule is CCCCCCCCCCCCCCCC(=O)OC[C@H](COP(=O)(O)OP(=O)(O)OC[C@H]1O[C@@H](n2ccc(N)nc2=O)[C@H](O)[C@@H]1O)OC(=O)CCCCCCCCCCCCCCC. The topological polar surface area (TPSA) is 265 Å². The zero-order valence-corrected chi connectivity index (χ0v) is 40.4. The van der Waals surface area contributed by atoms with Gasteiger partial charge in [0, 0.05) is 19.0 Å². The lowest BCUT2D eigenvalue weighted by molar-refractivity contribution is -0.161. The van der Waals surface area contributed by atoms with Crippen LogP contribution in [0.15, 0.2) is 17.1 Å². The number of carbonyl (C=O) groups is 2. The molecule has 6 N–H and O–H groups in total. The van der Waals surface area contributed by atoms with Crippen molar-refractivity contribution >= 4 is 33.4 Å². The van der Waals surface area contributed by atoms with Gasteiger partial charge in [-0.05, 0) is 18.9 Å². The normalized spacial score (nSPS) is 19.8. The Hall–Kier alpha value is -2.24. The lowest BCUT2D eigenvalue weighted by Crippen LogP contribution is -2.36. The fraction of sp³-hybridized carbons (Fsp3) is 0.864. The van der Waals surface area contributed by atoms with Crippen LogP contribution in [0.4, 0.5) is 5.82 Å². The molecule has 0 aliphatic carbocycles. The average Bonchev–Trinajstić information content (AvgIpc) is 3.52. The van der Waals surface area contributed by atoms with Gasteiger partial charge < -0.3 is 39.9 Å². The molecule has 0 spiro atoms. The van der Waals surface area contributed by atoms with Gasteiger partial charge in [-0.3, -0.25) is 23.2 Å². The standard InChI is InChI=1S/C44H81N3O15P2/c1-3-5-7-9-11-13-15-17-19-21-23-25-27-29-39(48)57-33-36(60-40(49)30-28-26-24-22-20-18-16-14-12-10-8-6-4-2)34-58-63(53,54)62-64(55,56)59-35-37-41(50)42(51)43(61-37)47-32-31-38(45)46-44(47)52/h31-32,36-37,41-43,50-51H,3-30,33-35H2,1-2H3,(H,53,54)(H,55,56)(H2,45,46,52)/t36-,37-,41-,42-,43-/m1/s1. The van der Waals surface area contributed by atoms with E-state index in [4.69, 9.17) is 29.0 Å². The van der Waals surface area contributed by atoms with E-state index in [9.17, 15) is 43.5 Å². The van der Waals surface area contributed by atoms with E-state index in [1.165, 1.54) is 115 Å². The van der Waals surface area contributed by atoms with Gasteiger partial charge in [-0.1, -0.05) is 168 Å². The molecule has 7 atom stereocenters. The fourth-order valence-corrected chi connectivity index (χ4v) is 9.54. The number of hydrogen-bond acceptors (Lipinski definition) is 15. The van der Waals surface area contributed by atoms with Crippen molar-refractivity contribution in [2.24, 2.45) is 0 Å². The minimum Gasteiger partial charge on any atom is -0.462 e. The van der Waals surface area contributed by atoms with Gasteiger partial charge in [0.2, 0.25) is 0 Å². The van der Waals surface area contributed by atoms with Gasteiger partial charge in [-0.25, -0.2) is 13.9 Å². The largest absolute Gasteiger partial charge is 0.481 e. The number of nitrogens with zero attached hydrogens (tertiary/aromatic N) is 2. The second-order valence-corrected chi connectivity index (χ2v) is 20.0. The number of rotatable bonds is 40. The van der Waals surface area contributed by atoms with Crippen LogP contribution in [-0.4, -0.2) is 85.7 Å². The Morgan fingerprint density at radius 1 is 0.688 bits per heavy atom. The minimum atomic E-state index is -5.41. The Labute approximate surface area is 380 Å². The third-order valence-corrected chi connectivity index (χ3v) is 13.8. The number of ether oxygens (including phenoxy) is 3. The quantitative estimate of drug-likeness (QED) is 0.0233. The molecule has 0 radical (unpaired) electrons. The maximum Gasteiger partial charge on any atom is 0.481 e. The molecule has 20 heteroatoms. The van der Waals surface area contributed by atoms with Crippen LogP contribution in [0.5, 0.6) is 0 Å². The van der Waals surface area contributed by atoms with Crippen molar-refractivity contribution in [1.29, 1.82) is 0 Å². The van der Waals surface area contributed by atoms with Crippen molar-refractivity contribution in [2.75, 3.05) is 25.6 Å². The molecule has 0 aromatic carbocycles. The molecule has 1 fully saturated rings. The molecule has 1 aromatic rings. The summed E-state index contributed by atoms with van der Waals surface area (Å²) in [6, 6.07) is 1.25. The van der Waals surface area contributed by atoms with Gasteiger partial charge >= 0.3 is 33.3 Å². The Morgan fingerprint density at radius 3 is 1.59 bits per heavy atom. The van der Waals surface area contributed by atoms with Gasteiger partial charge in [0.15, 0.2) is 12.3 Å².